The van der Waals surface area contributed by atoms with Gasteiger partial charge in [-0.15, -0.1) is 5.10 Å². The number of Topliss-reactive ketones (excluding diaryl/α,β-unsaturated/α-hetero) is 1. The highest BCUT2D eigenvalue weighted by molar-refractivity contribution is 8.16. The Hall–Kier alpha value is -2.55. The lowest BCUT2D eigenvalue weighted by Gasteiger charge is -2.16. The maximum atomic E-state index is 12.6. The lowest BCUT2D eigenvalue weighted by atomic mass is 10.1. The first-order valence-electron chi connectivity index (χ1n) is 8.93. The maximum Gasteiger partial charge on any atom is 0.259 e. The maximum absolute atomic E-state index is 12.6. The fraction of sp³-hybridized carbons (Fsp3) is 0.200. The zero-order valence-electron chi connectivity index (χ0n) is 16.1. The zero-order valence-corrected chi connectivity index (χ0v) is 18.4. The average Bonchev–Trinajstić information content (AvgIpc) is 3.00. The molecule has 2 amide bonds. The highest BCUT2D eigenvalue weighted by Gasteiger charge is 2.36. The first kappa shape index (κ1) is 22.1. The van der Waals surface area contributed by atoms with Crippen LogP contribution >= 0.6 is 35.0 Å². The van der Waals surface area contributed by atoms with E-state index in [1.54, 1.807) is 49.4 Å². The minimum atomic E-state index is -0.418. The molecule has 1 atom stereocenters. The number of nitrogens with zero attached hydrogens (tertiary/aromatic N) is 2. The summed E-state index contributed by atoms with van der Waals surface area (Å²) in [5, 5.41) is 7.92. The molecule has 1 aliphatic heterocycles. The summed E-state index contributed by atoms with van der Waals surface area (Å²) < 4.78 is 0. The van der Waals surface area contributed by atoms with Gasteiger partial charge in [-0.25, -0.2) is 5.43 Å². The van der Waals surface area contributed by atoms with Crippen molar-refractivity contribution in [2.75, 3.05) is 16.8 Å². The number of nitrogens with one attached hydrogen (secondary N) is 2. The van der Waals surface area contributed by atoms with E-state index in [4.69, 9.17) is 23.2 Å². The molecule has 2 N–H and O–H groups in total. The smallest absolute Gasteiger partial charge is 0.259 e. The summed E-state index contributed by atoms with van der Waals surface area (Å²) >= 11 is 13.2. The fourth-order valence-electron chi connectivity index (χ4n) is 2.65. The van der Waals surface area contributed by atoms with Gasteiger partial charge in [0.05, 0.1) is 28.2 Å². The number of carbonyl (C=O) groups is 3. The van der Waals surface area contributed by atoms with Crippen molar-refractivity contribution in [3.8, 4) is 0 Å². The van der Waals surface area contributed by atoms with Gasteiger partial charge in [0.2, 0.25) is 5.91 Å². The van der Waals surface area contributed by atoms with E-state index in [1.807, 2.05) is 0 Å². The van der Waals surface area contributed by atoms with Gasteiger partial charge in [-0.1, -0.05) is 35.0 Å². The number of hydrazone groups is 1. The number of hydrogen-bond acceptors (Lipinski definition) is 6. The van der Waals surface area contributed by atoms with Crippen molar-refractivity contribution in [1.29, 1.82) is 0 Å². The molecule has 3 rings (SSSR count). The Bertz CT molecular complexity index is 1030. The van der Waals surface area contributed by atoms with Crippen molar-refractivity contribution in [3.63, 3.8) is 0 Å². The van der Waals surface area contributed by atoms with Crippen LogP contribution in [0.4, 0.5) is 11.4 Å². The van der Waals surface area contributed by atoms with Gasteiger partial charge in [0.1, 0.15) is 0 Å². The van der Waals surface area contributed by atoms with Crippen LogP contribution in [-0.4, -0.2) is 34.6 Å². The third kappa shape index (κ3) is 5.13. The van der Waals surface area contributed by atoms with Gasteiger partial charge < -0.3 is 5.32 Å². The van der Waals surface area contributed by atoms with Crippen molar-refractivity contribution >= 4 is 69.1 Å². The topological polar surface area (TPSA) is 90.9 Å². The molecule has 2 aromatic rings. The number of rotatable bonds is 6. The summed E-state index contributed by atoms with van der Waals surface area (Å²) in [5.41, 5.74) is 4.08. The van der Waals surface area contributed by atoms with E-state index in [-0.39, 0.29) is 23.5 Å². The molecular weight excluding hydrogens is 447 g/mol. The van der Waals surface area contributed by atoms with Crippen LogP contribution < -0.4 is 15.6 Å². The summed E-state index contributed by atoms with van der Waals surface area (Å²) in [7, 11) is 0. The molecule has 156 valence electrons. The van der Waals surface area contributed by atoms with E-state index in [0.717, 1.165) is 0 Å². The Labute approximate surface area is 187 Å². The van der Waals surface area contributed by atoms with Gasteiger partial charge >= 0.3 is 0 Å². The third-order valence-corrected chi connectivity index (χ3v) is 5.82. The molecule has 0 aliphatic carbocycles. The molecule has 2 aromatic carbocycles. The Morgan fingerprint density at radius 2 is 1.87 bits per heavy atom. The summed E-state index contributed by atoms with van der Waals surface area (Å²) in [6, 6.07) is 11.5. The molecule has 0 saturated carbocycles. The standard InChI is InChI=1S/C20H18Cl2N4O3S/c1-11(27)13-3-6-15(7-4-13)26-19(29)12(2)30-20(26)25-24-18(28)10-23-17-9-14(21)5-8-16(17)22/h3-9,12,23H,10H2,1-2H3,(H,24,28)/b25-20-. The largest absolute Gasteiger partial charge is 0.375 e. The number of amides is 2. The van der Waals surface area contributed by atoms with Gasteiger partial charge in [-0.2, -0.15) is 0 Å². The lowest BCUT2D eigenvalue weighted by molar-refractivity contribution is -0.119. The highest BCUT2D eigenvalue weighted by Crippen LogP contribution is 2.31. The van der Waals surface area contributed by atoms with Crippen molar-refractivity contribution in [3.05, 3.63) is 58.1 Å². The van der Waals surface area contributed by atoms with Crippen LogP contribution in [-0.2, 0) is 9.59 Å². The van der Waals surface area contributed by atoms with Gasteiger partial charge in [0.25, 0.3) is 5.91 Å². The number of ketones is 1. The predicted octanol–water partition coefficient (Wildman–Crippen LogP) is 4.16. The number of anilines is 2. The zero-order chi connectivity index (χ0) is 21.8. The number of halogens is 2. The molecule has 1 fully saturated rings. The predicted molar refractivity (Wildman–Crippen MR) is 122 cm³/mol. The van der Waals surface area contributed by atoms with Crippen LogP contribution in [0, 0.1) is 0 Å². The lowest BCUT2D eigenvalue weighted by Crippen LogP contribution is -2.34. The van der Waals surface area contributed by atoms with Crippen LogP contribution in [0.25, 0.3) is 0 Å². The summed E-state index contributed by atoms with van der Waals surface area (Å²) in [5.74, 6) is -0.643. The van der Waals surface area contributed by atoms with Crippen molar-refractivity contribution < 1.29 is 14.4 Å². The molecule has 7 nitrogen and oxygen atoms in total. The molecule has 1 unspecified atom stereocenters. The minimum absolute atomic E-state index is 0.0643. The van der Waals surface area contributed by atoms with E-state index in [1.165, 1.54) is 23.6 Å². The number of benzene rings is 2. The minimum Gasteiger partial charge on any atom is -0.375 e. The Morgan fingerprint density at radius 3 is 2.53 bits per heavy atom. The fourth-order valence-corrected chi connectivity index (χ4v) is 3.93. The van der Waals surface area contributed by atoms with E-state index in [9.17, 15) is 14.4 Å². The van der Waals surface area contributed by atoms with Crippen molar-refractivity contribution in [2.45, 2.75) is 19.1 Å². The Kier molecular flexibility index (Phi) is 7.02. The van der Waals surface area contributed by atoms with Crippen LogP contribution in [0.2, 0.25) is 10.0 Å². The third-order valence-electron chi connectivity index (χ3n) is 4.22. The second-order valence-electron chi connectivity index (χ2n) is 6.44. The molecule has 1 saturated heterocycles. The van der Waals surface area contributed by atoms with Crippen LogP contribution in [0.1, 0.15) is 24.2 Å². The number of carbonyl (C=O) groups excluding carboxylic acids is 3. The van der Waals surface area contributed by atoms with Crippen LogP contribution in [0.5, 0.6) is 0 Å². The number of hydrogen-bond donors (Lipinski definition) is 2. The van der Waals surface area contributed by atoms with Gasteiger partial charge in [-0.05, 0) is 56.3 Å². The molecule has 0 radical (unpaired) electrons. The molecule has 30 heavy (non-hydrogen) atoms. The van der Waals surface area contributed by atoms with E-state index < -0.39 is 5.91 Å². The molecule has 0 spiro atoms. The van der Waals surface area contributed by atoms with Crippen LogP contribution in [0.3, 0.4) is 0 Å². The monoisotopic (exact) mass is 464 g/mol. The first-order valence-corrected chi connectivity index (χ1v) is 10.6. The molecule has 0 aromatic heterocycles. The second-order valence-corrected chi connectivity index (χ2v) is 8.60. The van der Waals surface area contributed by atoms with E-state index >= 15 is 0 Å². The van der Waals surface area contributed by atoms with Crippen molar-refractivity contribution in [2.24, 2.45) is 5.10 Å². The Balaban J connectivity index is 1.69. The normalized spacial score (nSPS) is 17.3. The van der Waals surface area contributed by atoms with Crippen LogP contribution in [0.15, 0.2) is 47.6 Å². The molecule has 1 aliphatic rings. The van der Waals surface area contributed by atoms with E-state index in [2.05, 4.69) is 15.8 Å². The number of amidine groups is 1. The van der Waals surface area contributed by atoms with Gasteiger partial charge in [0.15, 0.2) is 11.0 Å². The molecule has 0 bridgehead atoms. The number of thioether (sulfide) groups is 1. The van der Waals surface area contributed by atoms with Crippen molar-refractivity contribution in [1.82, 2.24) is 5.43 Å². The summed E-state index contributed by atoms with van der Waals surface area (Å²) in [6.07, 6.45) is 0. The second kappa shape index (κ2) is 9.51. The quantitative estimate of drug-likeness (QED) is 0.494. The molecule has 10 heteroatoms. The summed E-state index contributed by atoms with van der Waals surface area (Å²) in [6.45, 7) is 3.15. The van der Waals surface area contributed by atoms with Gasteiger partial charge in [0, 0.05) is 10.6 Å². The molecular formula is C20H18Cl2N4O3S. The van der Waals surface area contributed by atoms with E-state index in [0.29, 0.717) is 32.2 Å². The average molecular weight is 465 g/mol. The first-order chi connectivity index (χ1) is 14.3. The molecule has 1 heterocycles. The Morgan fingerprint density at radius 1 is 1.17 bits per heavy atom. The van der Waals surface area contributed by atoms with Gasteiger partial charge in [-0.3, -0.25) is 19.3 Å². The highest BCUT2D eigenvalue weighted by atomic mass is 35.5. The SMILES string of the molecule is CC(=O)c1ccc(N2C(=O)C(C)S/C2=N\NC(=O)CNc2cc(Cl)ccc2Cl)cc1. The summed E-state index contributed by atoms with van der Waals surface area (Å²) in [4.78, 5) is 37.6.